The number of hydrogen-bond acceptors (Lipinski definition) is 15. The first-order valence-corrected chi connectivity index (χ1v) is 35.1. The van der Waals surface area contributed by atoms with Crippen molar-refractivity contribution < 1.29 is 51.7 Å². The van der Waals surface area contributed by atoms with Gasteiger partial charge in [0.15, 0.2) is 11.3 Å². The van der Waals surface area contributed by atoms with E-state index >= 15 is 0 Å². The number of nitrogens with zero attached hydrogens (tertiary/aromatic N) is 5. The third-order valence-corrected chi connectivity index (χ3v) is 16.0. The van der Waals surface area contributed by atoms with Crippen LogP contribution < -0.4 is 43.4 Å². The number of unbranched alkanes of at least 4 members (excludes halogenated alkanes) is 1. The van der Waals surface area contributed by atoms with E-state index in [-0.39, 0.29) is 66.1 Å². The maximum Gasteiger partial charge on any atom is 0.305 e. The molecule has 6 heterocycles. The number of amides is 3. The Morgan fingerprint density at radius 2 is 0.980 bits per heavy atom. The van der Waals surface area contributed by atoms with Gasteiger partial charge in [0.25, 0.3) is 0 Å². The van der Waals surface area contributed by atoms with Gasteiger partial charge in [0.2, 0.25) is 17.7 Å². The first kappa shape index (κ1) is 82.7. The summed E-state index contributed by atoms with van der Waals surface area (Å²) in [4.78, 5) is 78.3. The highest BCUT2D eigenvalue weighted by atomic mass is 79.9. The van der Waals surface area contributed by atoms with Crippen LogP contribution in [0.5, 0.6) is 0 Å². The lowest BCUT2D eigenvalue weighted by atomic mass is 10.0. The lowest BCUT2D eigenvalue weighted by Gasteiger charge is -2.18. The monoisotopic (exact) mass is 1470 g/mol. The van der Waals surface area contributed by atoms with Gasteiger partial charge >= 0.3 is 11.9 Å². The van der Waals surface area contributed by atoms with Gasteiger partial charge in [-0.2, -0.15) is 0 Å². The van der Waals surface area contributed by atoms with Gasteiger partial charge in [-0.05, 0) is 211 Å². The molecular formula is C77H94BrF4N13O7. The molecule has 25 heteroatoms. The van der Waals surface area contributed by atoms with E-state index in [4.69, 9.17) is 21.7 Å². The number of nitrogens with two attached hydrogens (primary N) is 2. The number of aryl methyl sites for hydroxylation is 1. The molecule has 0 saturated heterocycles. The molecule has 10 rings (SSSR count). The van der Waals surface area contributed by atoms with Crippen molar-refractivity contribution in [2.75, 3.05) is 42.1 Å². The third-order valence-electron chi connectivity index (χ3n) is 15.6. The van der Waals surface area contributed by atoms with Crippen LogP contribution in [0, 0.1) is 23.3 Å². The Hall–Kier alpha value is -9.98. The van der Waals surface area contributed by atoms with E-state index in [2.05, 4.69) is 78.8 Å². The Bertz CT molecular complexity index is 4050. The second kappa shape index (κ2) is 46.4. The Morgan fingerprint density at radius 1 is 0.520 bits per heavy atom. The minimum absolute atomic E-state index is 0.0204. The van der Waals surface area contributed by atoms with Gasteiger partial charge in [-0.3, -0.25) is 24.0 Å². The number of aromatic nitrogens is 5. The molecule has 0 spiro atoms. The third kappa shape index (κ3) is 31.7. The topological polar surface area (TPSA) is 314 Å². The van der Waals surface area contributed by atoms with E-state index in [1.54, 1.807) is 36.7 Å². The molecule has 12 N–H and O–H groups in total. The highest BCUT2D eigenvalue weighted by Gasteiger charge is 2.20. The molecule has 0 bridgehead atoms. The van der Waals surface area contributed by atoms with Crippen LogP contribution in [-0.4, -0.2) is 91.0 Å². The smallest absolute Gasteiger partial charge is 0.305 e. The quantitative estimate of drug-likeness (QED) is 0.0124. The molecule has 0 aliphatic carbocycles. The fraction of sp³-hybridized carbons (Fsp3) is 0.351. The molecule has 1 aliphatic heterocycles. The molecule has 102 heavy (non-hydrogen) atoms. The molecule has 4 unspecified atom stereocenters. The summed E-state index contributed by atoms with van der Waals surface area (Å²) >= 11 is 3.28. The van der Waals surface area contributed by atoms with Crippen LogP contribution in [0.3, 0.4) is 0 Å². The number of rotatable bonds is 28. The number of carboxylic acid groups (broad SMARTS) is 2. The molecule has 9 aromatic rings. The molecule has 0 fully saturated rings. The molecule has 4 aromatic carbocycles. The zero-order valence-corrected chi connectivity index (χ0v) is 59.7. The number of carboxylic acids is 2. The minimum atomic E-state index is -1.07. The predicted octanol–water partition coefficient (Wildman–Crippen LogP) is 15.4. The van der Waals surface area contributed by atoms with E-state index in [1.807, 2.05) is 100 Å². The number of aliphatic carboxylic acids is 2. The molecule has 0 saturated carbocycles. The number of nitrogens with one attached hydrogen (secondary N) is 6. The van der Waals surface area contributed by atoms with Gasteiger partial charge < -0.3 is 53.6 Å². The largest absolute Gasteiger partial charge is 0.481 e. The first-order valence-electron chi connectivity index (χ1n) is 34.3. The lowest BCUT2D eigenvalue weighted by Crippen LogP contribution is -2.30. The molecule has 1 aliphatic rings. The van der Waals surface area contributed by atoms with E-state index in [1.165, 1.54) is 60.2 Å². The van der Waals surface area contributed by atoms with Crippen molar-refractivity contribution in [1.29, 1.82) is 0 Å². The SMILES string of the molecule is Brc1ccc2cccnc2n1.CCC(N)c1cccc(F)c1.CCC(NC(=O)CCCN)c1cccc(F)c1.CCC(NC(=O)CCCNc1ccc2c(n1)NCCC2)c1cccc(F)c1.CCCCC(=O)O.O=C(O)CC(NC(=O)CCCNc1ccc2cccnc2n1)c1cccc(F)c1. The molecule has 4 atom stereocenters. The van der Waals surface area contributed by atoms with Crippen molar-refractivity contribution in [1.82, 2.24) is 40.9 Å². The fourth-order valence-corrected chi connectivity index (χ4v) is 10.4. The van der Waals surface area contributed by atoms with Crippen LogP contribution in [0.25, 0.3) is 22.1 Å². The summed E-state index contributed by atoms with van der Waals surface area (Å²) < 4.78 is 53.3. The van der Waals surface area contributed by atoms with Crippen LogP contribution in [0.1, 0.15) is 170 Å². The van der Waals surface area contributed by atoms with Crippen molar-refractivity contribution in [3.8, 4) is 0 Å². The van der Waals surface area contributed by atoms with Crippen LogP contribution in [0.2, 0.25) is 0 Å². The lowest BCUT2D eigenvalue weighted by molar-refractivity contribution is -0.138. The number of hydrogen-bond donors (Lipinski definition) is 10. The van der Waals surface area contributed by atoms with Gasteiger partial charge in [-0.15, -0.1) is 0 Å². The van der Waals surface area contributed by atoms with Gasteiger partial charge in [-0.25, -0.2) is 42.5 Å². The summed E-state index contributed by atoms with van der Waals surface area (Å²) in [6.45, 7) is 10.6. The molecular weight excluding hydrogens is 1370 g/mol. The van der Waals surface area contributed by atoms with E-state index in [0.29, 0.717) is 75.2 Å². The van der Waals surface area contributed by atoms with Crippen molar-refractivity contribution in [2.45, 2.75) is 148 Å². The number of carbonyl (C=O) groups is 5. The van der Waals surface area contributed by atoms with Gasteiger partial charge in [-0.1, -0.05) is 88.7 Å². The second-order valence-electron chi connectivity index (χ2n) is 23.6. The molecule has 0 radical (unpaired) electrons. The standard InChI is InChI=1S/C21H21FN4O3.C21H27FN4O.C13H19FN2O.C9H12FN.C8H5BrN2.C5H10O2/c22-16-6-1-4-15(12-16)17(13-20(28)29)25-19(27)7-3-10-23-18-9-8-14-5-2-11-24-21(14)26-18;1-2-18(16-6-3-8-17(22)14-16)25-20(27)9-5-12-23-19-11-10-15-7-4-13-24-21(15)26-19;1-2-12(16-13(17)7-4-8-15)10-5-3-6-11(14)9-10;1-2-9(11)7-4-3-5-8(10)6-7;9-7-4-3-6-2-1-5-10-8(6)11-7;1-2-3-4-5(6)7/h1-2,4-6,8-9,11-12,17H,3,7,10,13H2,(H,25,27)(H,28,29)(H,23,24,26);3,6,8,10-11,14,18H,2,4-5,7,9,12-13H2,1H3,(H,25,27)(H2,23,24,26);3,5-6,9,12H,2,4,7-8,15H2,1H3,(H,16,17);3-6,9H,2,11H2,1H3;1-5H;2-4H2,1H3,(H,6,7). The summed E-state index contributed by atoms with van der Waals surface area (Å²) in [7, 11) is 0. The van der Waals surface area contributed by atoms with Crippen molar-refractivity contribution in [3.05, 3.63) is 226 Å². The van der Waals surface area contributed by atoms with Crippen molar-refractivity contribution >= 4 is 85.1 Å². The minimum Gasteiger partial charge on any atom is -0.481 e. The number of halogens is 5. The zero-order chi connectivity index (χ0) is 74.0. The van der Waals surface area contributed by atoms with E-state index in [0.717, 1.165) is 101 Å². The van der Waals surface area contributed by atoms with Gasteiger partial charge in [0, 0.05) is 74.5 Å². The molecule has 544 valence electrons. The van der Waals surface area contributed by atoms with Crippen LogP contribution in [0.4, 0.5) is 35.0 Å². The van der Waals surface area contributed by atoms with Crippen LogP contribution in [-0.2, 0) is 30.4 Å². The number of anilines is 3. The molecule has 3 amide bonds. The maximum absolute atomic E-state index is 13.4. The predicted molar refractivity (Wildman–Crippen MR) is 397 cm³/mol. The van der Waals surface area contributed by atoms with Crippen molar-refractivity contribution in [2.24, 2.45) is 11.5 Å². The summed E-state index contributed by atoms with van der Waals surface area (Å²) in [5, 5.41) is 37.4. The summed E-state index contributed by atoms with van der Waals surface area (Å²) in [5.74, 6) is -0.914. The number of pyridine rings is 5. The number of carbonyl (C=O) groups excluding carboxylic acids is 3. The van der Waals surface area contributed by atoms with Crippen LogP contribution >= 0.6 is 15.9 Å². The van der Waals surface area contributed by atoms with Crippen molar-refractivity contribution in [3.63, 3.8) is 0 Å². The summed E-state index contributed by atoms with van der Waals surface area (Å²) in [6.07, 6.45) is 12.6. The molecule has 20 nitrogen and oxygen atoms in total. The highest BCUT2D eigenvalue weighted by Crippen LogP contribution is 2.24. The molecule has 5 aromatic heterocycles. The van der Waals surface area contributed by atoms with Crippen LogP contribution in [0.15, 0.2) is 175 Å². The zero-order valence-electron chi connectivity index (χ0n) is 58.1. The van der Waals surface area contributed by atoms with E-state index < -0.39 is 23.8 Å². The first-order chi connectivity index (χ1) is 49.2. The second-order valence-corrected chi connectivity index (χ2v) is 24.4. The number of benzene rings is 4. The van der Waals surface area contributed by atoms with Gasteiger partial charge in [0.05, 0.1) is 24.5 Å². The van der Waals surface area contributed by atoms with Gasteiger partial charge in [0.1, 0.15) is 45.3 Å². The Morgan fingerprint density at radius 3 is 1.45 bits per heavy atom. The maximum atomic E-state index is 13.4. The average Bonchev–Trinajstić information content (AvgIpc) is 0.860. The normalized spacial score (nSPS) is 12.2. The van der Waals surface area contributed by atoms with E-state index in [9.17, 15) is 41.5 Å². The number of fused-ring (bicyclic) bond motifs is 3. The fourth-order valence-electron chi connectivity index (χ4n) is 10.1. The Balaban J connectivity index is 0.000000234. The Labute approximate surface area is 602 Å². The summed E-state index contributed by atoms with van der Waals surface area (Å²) in [5.41, 5.74) is 16.6. The average molecular weight is 1470 g/mol. The summed E-state index contributed by atoms with van der Waals surface area (Å²) in [6, 6.07) is 43.0. The Kier molecular flexibility index (Phi) is 37.7. The highest BCUT2D eigenvalue weighted by molar-refractivity contribution is 9.10.